The molecule has 0 amide bonds. The molecule has 5 nitrogen and oxygen atoms in total. The van der Waals surface area contributed by atoms with E-state index in [2.05, 4.69) is 15.3 Å². The normalized spacial score (nSPS) is 10.4. The van der Waals surface area contributed by atoms with E-state index in [1.54, 1.807) is 14.2 Å². The summed E-state index contributed by atoms with van der Waals surface area (Å²) in [6.45, 7) is 0. The van der Waals surface area contributed by atoms with Gasteiger partial charge >= 0.3 is 0 Å². The van der Waals surface area contributed by atoms with Crippen LogP contribution < -0.4 is 14.8 Å². The third kappa shape index (κ3) is 3.83. The summed E-state index contributed by atoms with van der Waals surface area (Å²) >= 11 is 5.98. The van der Waals surface area contributed by atoms with Crippen LogP contribution in [0.1, 0.15) is 5.56 Å². The second-order valence-electron chi connectivity index (χ2n) is 5.27. The van der Waals surface area contributed by atoms with Crippen LogP contribution in [0, 0.1) is 0 Å². The smallest absolute Gasteiger partial charge is 0.134 e. The molecule has 1 aromatic heterocycles. The molecule has 1 N–H and O–H groups in total. The summed E-state index contributed by atoms with van der Waals surface area (Å²) in [6.07, 6.45) is 1.52. The Kier molecular flexibility index (Phi) is 5.36. The summed E-state index contributed by atoms with van der Waals surface area (Å²) in [5.74, 6) is 2.58. The number of aromatic nitrogens is 2. The first-order valence-corrected chi connectivity index (χ1v) is 8.24. The van der Waals surface area contributed by atoms with Crippen LogP contribution in [0.5, 0.6) is 11.5 Å². The van der Waals surface area contributed by atoms with Gasteiger partial charge in [0.2, 0.25) is 0 Å². The zero-order valence-corrected chi connectivity index (χ0v) is 14.7. The van der Waals surface area contributed by atoms with Crippen molar-refractivity contribution in [3.63, 3.8) is 0 Å². The largest absolute Gasteiger partial charge is 0.496 e. The van der Waals surface area contributed by atoms with Crippen molar-refractivity contribution in [2.75, 3.05) is 19.5 Å². The summed E-state index contributed by atoms with van der Waals surface area (Å²) < 4.78 is 10.7. The highest BCUT2D eigenvalue weighted by Gasteiger charge is 2.09. The van der Waals surface area contributed by atoms with E-state index in [4.69, 9.17) is 21.1 Å². The Hall–Kier alpha value is -2.79. The van der Waals surface area contributed by atoms with Gasteiger partial charge in [-0.3, -0.25) is 0 Å². The number of alkyl halides is 1. The number of ether oxygens (including phenoxy) is 2. The van der Waals surface area contributed by atoms with Crippen molar-refractivity contribution in [3.05, 3.63) is 60.4 Å². The topological polar surface area (TPSA) is 56.3 Å². The number of halogens is 1. The van der Waals surface area contributed by atoms with E-state index in [0.717, 1.165) is 34.0 Å². The van der Waals surface area contributed by atoms with Gasteiger partial charge in [-0.15, -0.1) is 11.6 Å². The molecule has 0 unspecified atom stereocenters. The lowest BCUT2D eigenvalue weighted by Crippen LogP contribution is -1.98. The minimum atomic E-state index is 0.370. The summed E-state index contributed by atoms with van der Waals surface area (Å²) in [7, 11) is 3.27. The van der Waals surface area contributed by atoms with Crippen LogP contribution in [0.2, 0.25) is 0 Å². The van der Waals surface area contributed by atoms with Crippen LogP contribution in [0.4, 0.5) is 11.5 Å². The molecule has 25 heavy (non-hydrogen) atoms. The predicted octanol–water partition coefficient (Wildman–Crippen LogP) is 4.64. The van der Waals surface area contributed by atoms with E-state index >= 15 is 0 Å². The summed E-state index contributed by atoms with van der Waals surface area (Å²) in [6, 6.07) is 15.4. The van der Waals surface area contributed by atoms with Gasteiger partial charge in [0.1, 0.15) is 23.6 Å². The molecule has 0 aliphatic carbocycles. The number of hydrogen-bond donors (Lipinski definition) is 1. The van der Waals surface area contributed by atoms with Crippen LogP contribution in [0.3, 0.4) is 0 Å². The second-order valence-corrected chi connectivity index (χ2v) is 5.54. The number of anilines is 2. The molecule has 0 atom stereocenters. The molecular weight excluding hydrogens is 338 g/mol. The maximum Gasteiger partial charge on any atom is 0.134 e. The van der Waals surface area contributed by atoms with E-state index in [0.29, 0.717) is 11.7 Å². The fourth-order valence-electron chi connectivity index (χ4n) is 2.54. The van der Waals surface area contributed by atoms with Crippen molar-refractivity contribution < 1.29 is 9.47 Å². The number of benzene rings is 2. The van der Waals surface area contributed by atoms with E-state index in [1.807, 2.05) is 48.5 Å². The standard InChI is InChI=1S/C19H18ClN3O2/c1-24-17-8-7-14(9-13(17)11-20)23-19-10-16(21-12-22-19)15-5-3-4-6-18(15)25-2/h3-10,12H,11H2,1-2H3,(H,21,22,23). The van der Waals surface area contributed by atoms with Crippen LogP contribution in [-0.2, 0) is 5.88 Å². The average molecular weight is 356 g/mol. The maximum atomic E-state index is 5.98. The highest BCUT2D eigenvalue weighted by atomic mass is 35.5. The first kappa shape index (κ1) is 17.0. The highest BCUT2D eigenvalue weighted by molar-refractivity contribution is 6.17. The Morgan fingerprint density at radius 2 is 1.76 bits per heavy atom. The maximum absolute atomic E-state index is 5.98. The zero-order valence-electron chi connectivity index (χ0n) is 14.0. The Morgan fingerprint density at radius 1 is 0.960 bits per heavy atom. The Balaban J connectivity index is 1.90. The molecular formula is C19H18ClN3O2. The van der Waals surface area contributed by atoms with Crippen molar-refractivity contribution in [2.45, 2.75) is 5.88 Å². The molecule has 0 fully saturated rings. The molecule has 3 aromatic rings. The van der Waals surface area contributed by atoms with Gasteiger partial charge in [-0.25, -0.2) is 9.97 Å². The lowest BCUT2D eigenvalue weighted by atomic mass is 10.1. The van der Waals surface area contributed by atoms with Gasteiger partial charge in [0, 0.05) is 22.9 Å². The van der Waals surface area contributed by atoms with Crippen LogP contribution >= 0.6 is 11.6 Å². The molecule has 0 saturated carbocycles. The Labute approximate surface area is 151 Å². The monoisotopic (exact) mass is 355 g/mol. The quantitative estimate of drug-likeness (QED) is 0.652. The molecule has 0 bridgehead atoms. The molecule has 0 aliphatic rings. The fraction of sp³-hybridized carbons (Fsp3) is 0.158. The molecule has 1 heterocycles. The van der Waals surface area contributed by atoms with E-state index in [9.17, 15) is 0 Å². The van der Waals surface area contributed by atoms with Gasteiger partial charge in [0.15, 0.2) is 0 Å². The lowest BCUT2D eigenvalue weighted by molar-refractivity contribution is 0.411. The number of hydrogen-bond acceptors (Lipinski definition) is 5. The summed E-state index contributed by atoms with van der Waals surface area (Å²) in [5.41, 5.74) is 3.47. The van der Waals surface area contributed by atoms with Crippen LogP contribution in [0.25, 0.3) is 11.3 Å². The van der Waals surface area contributed by atoms with Crippen molar-refractivity contribution in [2.24, 2.45) is 0 Å². The van der Waals surface area contributed by atoms with Gasteiger partial charge < -0.3 is 14.8 Å². The SMILES string of the molecule is COc1ccc(Nc2cc(-c3ccccc3OC)ncn2)cc1CCl. The first-order valence-electron chi connectivity index (χ1n) is 7.70. The second kappa shape index (κ2) is 7.85. The molecule has 6 heteroatoms. The molecule has 0 aliphatic heterocycles. The van der Waals surface area contributed by atoms with Gasteiger partial charge in [-0.05, 0) is 30.3 Å². The Bertz CT molecular complexity index is 871. The van der Waals surface area contributed by atoms with Crippen LogP contribution in [0.15, 0.2) is 54.9 Å². The number of para-hydroxylation sites is 1. The lowest BCUT2D eigenvalue weighted by Gasteiger charge is -2.11. The minimum Gasteiger partial charge on any atom is -0.496 e. The summed E-state index contributed by atoms with van der Waals surface area (Å²) in [5, 5.41) is 3.27. The molecule has 0 radical (unpaired) electrons. The minimum absolute atomic E-state index is 0.370. The van der Waals surface area contributed by atoms with Crippen molar-refractivity contribution >= 4 is 23.1 Å². The van der Waals surface area contributed by atoms with Gasteiger partial charge in [-0.2, -0.15) is 0 Å². The number of rotatable bonds is 6. The zero-order chi connectivity index (χ0) is 17.6. The summed E-state index contributed by atoms with van der Waals surface area (Å²) in [4.78, 5) is 8.64. The van der Waals surface area contributed by atoms with Crippen LogP contribution in [-0.4, -0.2) is 24.2 Å². The number of nitrogens with one attached hydrogen (secondary N) is 1. The Morgan fingerprint density at radius 3 is 2.52 bits per heavy atom. The van der Waals surface area contributed by atoms with Crippen molar-refractivity contribution in [1.29, 1.82) is 0 Å². The molecule has 0 saturated heterocycles. The van der Waals surface area contributed by atoms with E-state index in [-0.39, 0.29) is 0 Å². The molecule has 0 spiro atoms. The van der Waals surface area contributed by atoms with E-state index < -0.39 is 0 Å². The van der Waals surface area contributed by atoms with Gasteiger partial charge in [0.25, 0.3) is 0 Å². The van der Waals surface area contributed by atoms with Crippen molar-refractivity contribution in [1.82, 2.24) is 9.97 Å². The average Bonchev–Trinajstić information content (AvgIpc) is 2.68. The first-order chi connectivity index (χ1) is 12.2. The molecule has 128 valence electrons. The van der Waals surface area contributed by atoms with Gasteiger partial charge in [-0.1, -0.05) is 12.1 Å². The van der Waals surface area contributed by atoms with Gasteiger partial charge in [0.05, 0.1) is 25.8 Å². The molecule has 3 rings (SSSR count). The molecule has 2 aromatic carbocycles. The highest BCUT2D eigenvalue weighted by Crippen LogP contribution is 2.30. The third-order valence-electron chi connectivity index (χ3n) is 3.75. The number of nitrogens with zero attached hydrogens (tertiary/aromatic N) is 2. The number of methoxy groups -OCH3 is 2. The predicted molar refractivity (Wildman–Crippen MR) is 99.9 cm³/mol. The third-order valence-corrected chi connectivity index (χ3v) is 4.03. The fourth-order valence-corrected chi connectivity index (χ4v) is 2.75. The van der Waals surface area contributed by atoms with E-state index in [1.165, 1.54) is 6.33 Å². The van der Waals surface area contributed by atoms with Crippen molar-refractivity contribution in [3.8, 4) is 22.8 Å².